The van der Waals surface area contributed by atoms with Gasteiger partial charge in [-0.2, -0.15) is 0 Å². The summed E-state index contributed by atoms with van der Waals surface area (Å²) in [5.41, 5.74) is 13.4. The number of nitrogens with one attached hydrogen (secondary N) is 2. The normalized spacial score (nSPS) is 13.8. The Bertz CT molecular complexity index is 987. The molecule has 200 valence electrons. The molecule has 0 bridgehead atoms. The van der Waals surface area contributed by atoms with Crippen molar-refractivity contribution in [3.8, 4) is 11.5 Å². The molecule has 0 saturated heterocycles. The van der Waals surface area contributed by atoms with Crippen LogP contribution in [0.25, 0.3) is 0 Å². The highest BCUT2D eigenvalue weighted by Crippen LogP contribution is 2.42. The third kappa shape index (κ3) is 6.53. The molecule has 0 fully saturated rings. The van der Waals surface area contributed by atoms with Gasteiger partial charge in [0.25, 0.3) is 0 Å². The number of carbonyl (C=O) groups is 2. The van der Waals surface area contributed by atoms with Gasteiger partial charge < -0.3 is 42.5 Å². The summed E-state index contributed by atoms with van der Waals surface area (Å²) in [6.45, 7) is 1.74. The van der Waals surface area contributed by atoms with Crippen molar-refractivity contribution in [2.45, 2.75) is 24.9 Å². The van der Waals surface area contributed by atoms with E-state index in [1.54, 1.807) is 12.1 Å². The molecule has 36 heavy (non-hydrogen) atoms. The first-order valence-corrected chi connectivity index (χ1v) is 11.3. The SMILES string of the molecule is Cl.Cl.NC(CCNCCO)c1ccc(C(N)CCNCCO)c2c1C(=O)c1c(O)ccc(O)c1C2=O. The van der Waals surface area contributed by atoms with E-state index in [0.29, 0.717) is 50.1 Å². The zero-order chi connectivity index (χ0) is 24.8. The van der Waals surface area contributed by atoms with E-state index < -0.39 is 35.1 Å². The van der Waals surface area contributed by atoms with Crippen molar-refractivity contribution in [1.29, 1.82) is 0 Å². The summed E-state index contributed by atoms with van der Waals surface area (Å²) in [5, 5.41) is 44.7. The molecule has 10 N–H and O–H groups in total. The van der Waals surface area contributed by atoms with Crippen LogP contribution >= 0.6 is 24.8 Å². The minimum absolute atomic E-state index is 0. The molecule has 2 aromatic rings. The fourth-order valence-electron chi connectivity index (χ4n) is 4.27. The van der Waals surface area contributed by atoms with Crippen LogP contribution < -0.4 is 22.1 Å². The lowest BCUT2D eigenvalue weighted by Gasteiger charge is -2.28. The maximum atomic E-state index is 13.6. The highest BCUT2D eigenvalue weighted by Gasteiger charge is 2.39. The molecule has 12 heteroatoms. The van der Waals surface area contributed by atoms with Crippen LogP contribution in [-0.2, 0) is 0 Å². The standard InChI is InChI=1S/C24H32N4O6.2ClH/c25-15(5-7-27-9-11-29)13-1-2-14(16(26)6-8-28-10-12-30)20-19(13)23(33)21-17(31)3-4-18(32)22(21)24(20)34;;/h1-4,15-16,27-32H,5-12,25-26H2;2*1H. The van der Waals surface area contributed by atoms with Crippen LogP contribution in [0.4, 0.5) is 0 Å². The number of fused-ring (bicyclic) bond motifs is 2. The van der Waals surface area contributed by atoms with Gasteiger partial charge in [-0.05, 0) is 49.2 Å². The lowest BCUT2D eigenvalue weighted by Crippen LogP contribution is -2.30. The summed E-state index contributed by atoms with van der Waals surface area (Å²) in [7, 11) is 0. The van der Waals surface area contributed by atoms with Crippen molar-refractivity contribution in [3.05, 3.63) is 57.6 Å². The Kier molecular flexibility index (Phi) is 12.8. The molecule has 1 aliphatic rings. The van der Waals surface area contributed by atoms with E-state index in [4.69, 9.17) is 21.7 Å². The van der Waals surface area contributed by atoms with Crippen LogP contribution in [0.15, 0.2) is 24.3 Å². The second-order valence-electron chi connectivity index (χ2n) is 8.24. The average Bonchev–Trinajstić information content (AvgIpc) is 2.83. The maximum Gasteiger partial charge on any atom is 0.198 e. The largest absolute Gasteiger partial charge is 0.507 e. The number of phenolic OH excluding ortho intramolecular Hbond substituents is 2. The van der Waals surface area contributed by atoms with Gasteiger partial charge in [-0.25, -0.2) is 0 Å². The van der Waals surface area contributed by atoms with Gasteiger partial charge in [-0.15, -0.1) is 24.8 Å². The quantitative estimate of drug-likeness (QED) is 0.118. The molecular formula is C24H34Cl2N4O6. The summed E-state index contributed by atoms with van der Waals surface area (Å²) in [6.07, 6.45) is 0.868. The van der Waals surface area contributed by atoms with Gasteiger partial charge in [0.1, 0.15) is 11.5 Å². The Morgan fingerprint density at radius 1 is 0.639 bits per heavy atom. The molecule has 0 aromatic heterocycles. The molecule has 0 radical (unpaired) electrons. The first kappa shape index (κ1) is 31.7. The molecule has 10 nitrogen and oxygen atoms in total. The number of halogens is 2. The Morgan fingerprint density at radius 3 is 1.33 bits per heavy atom. The number of carbonyl (C=O) groups excluding carboxylic acids is 2. The summed E-state index contributed by atoms with van der Waals surface area (Å²) in [5.74, 6) is -1.99. The Morgan fingerprint density at radius 2 is 1.00 bits per heavy atom. The van der Waals surface area contributed by atoms with Gasteiger partial charge in [0, 0.05) is 36.3 Å². The monoisotopic (exact) mass is 544 g/mol. The van der Waals surface area contributed by atoms with Crippen molar-refractivity contribution in [1.82, 2.24) is 10.6 Å². The predicted molar refractivity (Wildman–Crippen MR) is 141 cm³/mol. The second kappa shape index (κ2) is 14.5. The molecule has 0 spiro atoms. The van der Waals surface area contributed by atoms with Gasteiger partial charge in [0.05, 0.1) is 24.3 Å². The highest BCUT2D eigenvalue weighted by molar-refractivity contribution is 6.31. The topological polar surface area (TPSA) is 191 Å². The number of ketones is 2. The molecule has 1 aliphatic carbocycles. The van der Waals surface area contributed by atoms with Gasteiger partial charge in [-0.1, -0.05) is 12.1 Å². The first-order valence-electron chi connectivity index (χ1n) is 11.3. The van der Waals surface area contributed by atoms with E-state index in [1.807, 2.05) is 0 Å². The van der Waals surface area contributed by atoms with Gasteiger partial charge in [0.2, 0.25) is 0 Å². The van der Waals surface area contributed by atoms with Crippen molar-refractivity contribution in [2.75, 3.05) is 39.4 Å². The number of aromatic hydroxyl groups is 2. The van der Waals surface area contributed by atoms with E-state index in [9.17, 15) is 19.8 Å². The number of hydrogen-bond acceptors (Lipinski definition) is 10. The first-order chi connectivity index (χ1) is 16.3. The van der Waals surface area contributed by atoms with Crippen molar-refractivity contribution < 1.29 is 30.0 Å². The summed E-state index contributed by atoms with van der Waals surface area (Å²) >= 11 is 0. The molecule has 2 unspecified atom stereocenters. The van der Waals surface area contributed by atoms with E-state index in [-0.39, 0.29) is 60.3 Å². The van der Waals surface area contributed by atoms with Gasteiger partial charge >= 0.3 is 0 Å². The van der Waals surface area contributed by atoms with Crippen LogP contribution in [0, 0.1) is 0 Å². The Balaban J connectivity index is 0.00000324. The highest BCUT2D eigenvalue weighted by atomic mass is 35.5. The molecule has 2 aromatic carbocycles. The fraction of sp³-hybridized carbons (Fsp3) is 0.417. The number of benzene rings is 2. The van der Waals surface area contributed by atoms with E-state index >= 15 is 0 Å². The molecule has 3 rings (SSSR count). The third-order valence-electron chi connectivity index (χ3n) is 5.98. The third-order valence-corrected chi connectivity index (χ3v) is 5.98. The lowest BCUT2D eigenvalue weighted by molar-refractivity contribution is 0.0972. The zero-order valence-electron chi connectivity index (χ0n) is 19.7. The molecule has 0 aliphatic heterocycles. The van der Waals surface area contributed by atoms with Crippen molar-refractivity contribution in [2.24, 2.45) is 11.5 Å². The van der Waals surface area contributed by atoms with Crippen LogP contribution in [-0.4, -0.2) is 71.4 Å². The predicted octanol–water partition coefficient (Wildman–Crippen LogP) is 0.660. The van der Waals surface area contributed by atoms with Crippen LogP contribution in [0.5, 0.6) is 11.5 Å². The molecule has 2 atom stereocenters. The molecule has 0 amide bonds. The Hall–Kier alpha value is -2.28. The Labute approximate surface area is 221 Å². The van der Waals surface area contributed by atoms with E-state index in [1.165, 1.54) is 12.1 Å². The van der Waals surface area contributed by atoms with E-state index in [0.717, 1.165) is 0 Å². The van der Waals surface area contributed by atoms with Gasteiger partial charge in [-0.3, -0.25) is 9.59 Å². The summed E-state index contributed by atoms with van der Waals surface area (Å²) < 4.78 is 0. The smallest absolute Gasteiger partial charge is 0.198 e. The summed E-state index contributed by atoms with van der Waals surface area (Å²) in [6, 6.07) is 4.50. The second-order valence-corrected chi connectivity index (χ2v) is 8.24. The number of rotatable bonds is 12. The average molecular weight is 545 g/mol. The zero-order valence-corrected chi connectivity index (χ0v) is 21.3. The number of phenols is 2. The van der Waals surface area contributed by atoms with Crippen LogP contribution in [0.3, 0.4) is 0 Å². The maximum absolute atomic E-state index is 13.6. The molecular weight excluding hydrogens is 511 g/mol. The van der Waals surface area contributed by atoms with Crippen molar-refractivity contribution in [3.63, 3.8) is 0 Å². The molecule has 0 heterocycles. The van der Waals surface area contributed by atoms with Crippen LogP contribution in [0.2, 0.25) is 0 Å². The number of aliphatic hydroxyl groups excluding tert-OH is 2. The van der Waals surface area contributed by atoms with Crippen LogP contribution in [0.1, 0.15) is 67.9 Å². The number of nitrogens with two attached hydrogens (primary N) is 2. The van der Waals surface area contributed by atoms with E-state index in [2.05, 4.69) is 10.6 Å². The minimum Gasteiger partial charge on any atom is -0.507 e. The van der Waals surface area contributed by atoms with Gasteiger partial charge in [0.15, 0.2) is 11.6 Å². The molecule has 0 saturated carbocycles. The fourth-order valence-corrected chi connectivity index (χ4v) is 4.27. The lowest BCUT2D eigenvalue weighted by atomic mass is 9.76. The number of hydrogen-bond donors (Lipinski definition) is 8. The number of aliphatic hydroxyl groups is 2. The minimum atomic E-state index is -0.603. The van der Waals surface area contributed by atoms with Crippen molar-refractivity contribution >= 4 is 36.4 Å². The summed E-state index contributed by atoms with van der Waals surface area (Å²) in [4.78, 5) is 27.2.